The van der Waals surface area contributed by atoms with Crippen LogP contribution in [0.1, 0.15) is 31.7 Å². The van der Waals surface area contributed by atoms with Gasteiger partial charge in [-0.05, 0) is 57.0 Å². The number of nitrogens with zero attached hydrogens (tertiary/aromatic N) is 1. The lowest BCUT2D eigenvalue weighted by Gasteiger charge is -2.19. The van der Waals surface area contributed by atoms with Gasteiger partial charge in [0.05, 0.1) is 12.8 Å². The molecule has 2 unspecified atom stereocenters. The summed E-state index contributed by atoms with van der Waals surface area (Å²) in [5.41, 5.74) is 2.46. The highest BCUT2D eigenvalue weighted by molar-refractivity contribution is 5.58. The van der Waals surface area contributed by atoms with Crippen molar-refractivity contribution in [3.63, 3.8) is 0 Å². The molecule has 1 N–H and O–H groups in total. The second-order valence-corrected chi connectivity index (χ2v) is 6.03. The summed E-state index contributed by atoms with van der Waals surface area (Å²) in [6.07, 6.45) is 3.86. The van der Waals surface area contributed by atoms with Crippen molar-refractivity contribution in [3.05, 3.63) is 23.8 Å². The molecule has 1 aromatic carbocycles. The minimum absolute atomic E-state index is 0.596. The number of benzene rings is 1. The van der Waals surface area contributed by atoms with Crippen LogP contribution in [0.2, 0.25) is 0 Å². The summed E-state index contributed by atoms with van der Waals surface area (Å²) >= 11 is 0. The quantitative estimate of drug-likeness (QED) is 0.880. The van der Waals surface area contributed by atoms with E-state index in [4.69, 9.17) is 4.74 Å². The Morgan fingerprint density at radius 3 is 2.68 bits per heavy atom. The second kappa shape index (κ2) is 6.29. The van der Waals surface area contributed by atoms with E-state index < -0.39 is 0 Å². The van der Waals surface area contributed by atoms with Gasteiger partial charge in [0.2, 0.25) is 0 Å². The Bertz CT molecular complexity index is 417. The van der Waals surface area contributed by atoms with Crippen LogP contribution < -0.4 is 10.1 Å². The fraction of sp³-hybridized carbons (Fsp3) is 0.625. The zero-order valence-electron chi connectivity index (χ0n) is 12.6. The molecule has 1 aliphatic rings. The van der Waals surface area contributed by atoms with Crippen molar-refractivity contribution in [3.8, 4) is 5.75 Å². The Hall–Kier alpha value is -1.22. The Morgan fingerprint density at radius 2 is 2.11 bits per heavy atom. The molecule has 3 nitrogen and oxygen atoms in total. The molecule has 1 aliphatic carbocycles. The molecule has 0 radical (unpaired) electrons. The number of nitrogens with one attached hydrogen (secondary N) is 1. The lowest BCUT2D eigenvalue weighted by atomic mass is 10.1. The maximum atomic E-state index is 5.47. The van der Waals surface area contributed by atoms with Crippen LogP contribution in [0.3, 0.4) is 0 Å². The number of hydrogen-bond donors (Lipinski definition) is 1. The molecule has 0 spiro atoms. The van der Waals surface area contributed by atoms with Crippen LogP contribution in [-0.4, -0.2) is 32.1 Å². The zero-order chi connectivity index (χ0) is 13.8. The average Bonchev–Trinajstić information content (AvgIpc) is 2.74. The SMILES string of the molecule is COc1ccc(CN(C)C)cc1NC1CCC(C)C1. The lowest BCUT2D eigenvalue weighted by Crippen LogP contribution is -2.16. The average molecular weight is 262 g/mol. The Morgan fingerprint density at radius 1 is 1.32 bits per heavy atom. The molecule has 0 saturated heterocycles. The van der Waals surface area contributed by atoms with Crippen molar-refractivity contribution in [1.82, 2.24) is 4.90 Å². The van der Waals surface area contributed by atoms with Crippen molar-refractivity contribution in [2.75, 3.05) is 26.5 Å². The van der Waals surface area contributed by atoms with Gasteiger partial charge in [-0.2, -0.15) is 0 Å². The van der Waals surface area contributed by atoms with Crippen molar-refractivity contribution >= 4 is 5.69 Å². The first-order chi connectivity index (χ1) is 9.08. The standard InChI is InChI=1S/C16H26N2O/c1-12-5-7-14(9-12)17-15-10-13(11-18(2)3)6-8-16(15)19-4/h6,8,10,12,14,17H,5,7,9,11H2,1-4H3. The molecule has 1 aromatic rings. The van der Waals surface area contributed by atoms with E-state index in [2.05, 4.69) is 49.4 Å². The molecule has 0 aromatic heterocycles. The van der Waals surface area contributed by atoms with Crippen LogP contribution in [0.25, 0.3) is 0 Å². The van der Waals surface area contributed by atoms with Gasteiger partial charge >= 0.3 is 0 Å². The first-order valence-corrected chi connectivity index (χ1v) is 7.16. The molecule has 0 aliphatic heterocycles. The minimum atomic E-state index is 0.596. The van der Waals surface area contributed by atoms with Gasteiger partial charge < -0.3 is 15.0 Å². The monoisotopic (exact) mass is 262 g/mol. The van der Waals surface area contributed by atoms with Crippen molar-refractivity contribution in [2.45, 2.75) is 38.8 Å². The maximum Gasteiger partial charge on any atom is 0.141 e. The number of rotatable bonds is 5. The third kappa shape index (κ3) is 3.87. The maximum absolute atomic E-state index is 5.47. The first kappa shape index (κ1) is 14.2. The summed E-state index contributed by atoms with van der Waals surface area (Å²) in [7, 11) is 5.93. The third-order valence-electron chi connectivity index (χ3n) is 3.82. The van der Waals surface area contributed by atoms with Gasteiger partial charge in [0.25, 0.3) is 0 Å². The van der Waals surface area contributed by atoms with E-state index in [1.807, 2.05) is 0 Å². The molecule has 1 fully saturated rings. The van der Waals surface area contributed by atoms with E-state index in [1.54, 1.807) is 7.11 Å². The van der Waals surface area contributed by atoms with E-state index in [0.717, 1.165) is 23.9 Å². The fourth-order valence-electron chi connectivity index (χ4n) is 2.89. The second-order valence-electron chi connectivity index (χ2n) is 6.03. The normalized spacial score (nSPS) is 22.8. The largest absolute Gasteiger partial charge is 0.495 e. The van der Waals surface area contributed by atoms with Crippen molar-refractivity contribution in [2.24, 2.45) is 5.92 Å². The van der Waals surface area contributed by atoms with E-state index in [9.17, 15) is 0 Å². The predicted octanol–water partition coefficient (Wildman–Crippen LogP) is 3.36. The molecule has 2 rings (SSSR count). The Labute approximate surface area is 116 Å². The van der Waals surface area contributed by atoms with E-state index >= 15 is 0 Å². The Balaban J connectivity index is 2.11. The molecule has 19 heavy (non-hydrogen) atoms. The fourth-order valence-corrected chi connectivity index (χ4v) is 2.89. The topological polar surface area (TPSA) is 24.5 Å². The van der Waals surface area contributed by atoms with E-state index in [0.29, 0.717) is 6.04 Å². The highest BCUT2D eigenvalue weighted by atomic mass is 16.5. The summed E-state index contributed by atoms with van der Waals surface area (Å²) in [5, 5.41) is 3.66. The van der Waals surface area contributed by atoms with Gasteiger partial charge in [0.1, 0.15) is 5.75 Å². The van der Waals surface area contributed by atoms with Crippen LogP contribution in [0, 0.1) is 5.92 Å². The van der Waals surface area contributed by atoms with Gasteiger partial charge in [0, 0.05) is 12.6 Å². The number of methoxy groups -OCH3 is 1. The van der Waals surface area contributed by atoms with Crippen LogP contribution in [0.15, 0.2) is 18.2 Å². The lowest BCUT2D eigenvalue weighted by molar-refractivity contribution is 0.400. The van der Waals surface area contributed by atoms with Gasteiger partial charge in [-0.1, -0.05) is 13.0 Å². The molecule has 2 atom stereocenters. The van der Waals surface area contributed by atoms with Crippen LogP contribution in [0.5, 0.6) is 5.75 Å². The summed E-state index contributed by atoms with van der Waals surface area (Å²) in [5.74, 6) is 1.79. The van der Waals surface area contributed by atoms with Gasteiger partial charge in [-0.3, -0.25) is 0 Å². The molecule has 3 heteroatoms. The van der Waals surface area contributed by atoms with Crippen LogP contribution in [-0.2, 0) is 6.54 Å². The van der Waals surface area contributed by atoms with Gasteiger partial charge in [-0.25, -0.2) is 0 Å². The van der Waals surface area contributed by atoms with E-state index in [-0.39, 0.29) is 0 Å². The number of ether oxygens (including phenoxy) is 1. The van der Waals surface area contributed by atoms with Crippen molar-refractivity contribution < 1.29 is 4.74 Å². The Kier molecular flexibility index (Phi) is 4.70. The molecular weight excluding hydrogens is 236 g/mol. The minimum Gasteiger partial charge on any atom is -0.495 e. The highest BCUT2D eigenvalue weighted by Gasteiger charge is 2.22. The number of hydrogen-bond acceptors (Lipinski definition) is 3. The smallest absolute Gasteiger partial charge is 0.141 e. The summed E-state index contributed by atoms with van der Waals surface area (Å²) in [6, 6.07) is 7.03. The predicted molar refractivity (Wildman–Crippen MR) is 80.8 cm³/mol. The van der Waals surface area contributed by atoms with Gasteiger partial charge in [-0.15, -0.1) is 0 Å². The molecule has 0 bridgehead atoms. The highest BCUT2D eigenvalue weighted by Crippen LogP contribution is 2.32. The molecule has 0 amide bonds. The number of anilines is 1. The molecule has 1 saturated carbocycles. The van der Waals surface area contributed by atoms with Crippen molar-refractivity contribution in [1.29, 1.82) is 0 Å². The van der Waals surface area contributed by atoms with Crippen LogP contribution >= 0.6 is 0 Å². The molecular formula is C16H26N2O. The third-order valence-corrected chi connectivity index (χ3v) is 3.82. The summed E-state index contributed by atoms with van der Waals surface area (Å²) in [4.78, 5) is 2.18. The summed E-state index contributed by atoms with van der Waals surface area (Å²) in [6.45, 7) is 3.29. The first-order valence-electron chi connectivity index (χ1n) is 7.16. The van der Waals surface area contributed by atoms with E-state index in [1.165, 1.54) is 24.8 Å². The molecule has 0 heterocycles. The molecule has 106 valence electrons. The van der Waals surface area contributed by atoms with Gasteiger partial charge in [0.15, 0.2) is 0 Å². The van der Waals surface area contributed by atoms with Crippen LogP contribution in [0.4, 0.5) is 5.69 Å². The zero-order valence-corrected chi connectivity index (χ0v) is 12.6. The summed E-state index contributed by atoms with van der Waals surface area (Å²) < 4.78 is 5.47.